The van der Waals surface area contributed by atoms with Crippen LogP contribution in [0.25, 0.3) is 0 Å². The summed E-state index contributed by atoms with van der Waals surface area (Å²) in [6, 6.07) is -1.31. The number of hydrogen-bond donors (Lipinski definition) is 2. The van der Waals surface area contributed by atoms with E-state index in [9.17, 15) is 14.7 Å². The zero-order chi connectivity index (χ0) is 15.3. The number of ether oxygens (including phenoxy) is 1. The van der Waals surface area contributed by atoms with Crippen LogP contribution in [-0.4, -0.2) is 77.0 Å². The number of aliphatic carboxylic acids is 1. The quantitative estimate of drug-likeness (QED) is 0.737. The van der Waals surface area contributed by atoms with Crippen molar-refractivity contribution < 1.29 is 24.5 Å². The Bertz CT molecular complexity index is 350. The molecule has 0 bridgehead atoms. The largest absolute Gasteiger partial charge is 0.480 e. The molecular formula is C13H24N2O5. The summed E-state index contributed by atoms with van der Waals surface area (Å²) in [5.41, 5.74) is 0. The number of rotatable bonds is 6. The Morgan fingerprint density at radius 1 is 1.50 bits per heavy atom. The van der Waals surface area contributed by atoms with E-state index in [1.54, 1.807) is 12.0 Å². The van der Waals surface area contributed by atoms with Gasteiger partial charge in [-0.15, -0.1) is 0 Å². The van der Waals surface area contributed by atoms with E-state index in [0.29, 0.717) is 13.2 Å². The number of hydrogen-bond acceptors (Lipinski definition) is 4. The third-order valence-corrected chi connectivity index (χ3v) is 3.71. The first-order valence-corrected chi connectivity index (χ1v) is 6.89. The average Bonchev–Trinajstić information content (AvgIpc) is 2.80. The van der Waals surface area contributed by atoms with Gasteiger partial charge in [-0.25, -0.2) is 9.59 Å². The number of urea groups is 1. The molecule has 0 aromatic heterocycles. The minimum atomic E-state index is -1.08. The fraction of sp³-hybridized carbons (Fsp3) is 0.846. The molecule has 0 aromatic rings. The molecule has 2 amide bonds. The maximum atomic E-state index is 12.5. The van der Waals surface area contributed by atoms with Gasteiger partial charge in [0.15, 0.2) is 0 Å². The van der Waals surface area contributed by atoms with E-state index in [2.05, 4.69) is 0 Å². The number of carboxylic acids is 1. The van der Waals surface area contributed by atoms with Gasteiger partial charge in [0.1, 0.15) is 6.04 Å². The molecule has 1 rings (SSSR count). The molecule has 1 heterocycles. The summed E-state index contributed by atoms with van der Waals surface area (Å²) in [4.78, 5) is 26.6. The number of carbonyl (C=O) groups is 2. The SMILES string of the molecule is CCC(C)N(CCOC)C(=O)N1C[C@H](O)C[C@H]1C(=O)O. The molecule has 0 aromatic carbocycles. The highest BCUT2D eigenvalue weighted by Crippen LogP contribution is 2.21. The maximum Gasteiger partial charge on any atom is 0.326 e. The van der Waals surface area contributed by atoms with E-state index in [0.717, 1.165) is 6.42 Å². The minimum Gasteiger partial charge on any atom is -0.480 e. The lowest BCUT2D eigenvalue weighted by Gasteiger charge is -2.34. The van der Waals surface area contributed by atoms with Gasteiger partial charge in [0.2, 0.25) is 0 Å². The number of likely N-dealkylation sites (tertiary alicyclic amines) is 1. The van der Waals surface area contributed by atoms with Crippen LogP contribution in [0.15, 0.2) is 0 Å². The summed E-state index contributed by atoms with van der Waals surface area (Å²) < 4.78 is 5.00. The minimum absolute atomic E-state index is 0.00941. The summed E-state index contributed by atoms with van der Waals surface area (Å²) in [6.07, 6.45) is 0.0739. The number of aliphatic hydroxyl groups excluding tert-OH is 1. The molecule has 116 valence electrons. The molecule has 0 spiro atoms. The van der Waals surface area contributed by atoms with Crippen LogP contribution in [0.1, 0.15) is 26.7 Å². The molecule has 20 heavy (non-hydrogen) atoms. The van der Waals surface area contributed by atoms with Gasteiger partial charge in [-0.1, -0.05) is 6.92 Å². The van der Waals surface area contributed by atoms with Gasteiger partial charge < -0.3 is 24.7 Å². The zero-order valence-corrected chi connectivity index (χ0v) is 12.3. The lowest BCUT2D eigenvalue weighted by atomic mass is 10.2. The van der Waals surface area contributed by atoms with Crippen molar-refractivity contribution in [1.82, 2.24) is 9.80 Å². The van der Waals surface area contributed by atoms with Crippen LogP contribution >= 0.6 is 0 Å². The second kappa shape index (κ2) is 7.44. The van der Waals surface area contributed by atoms with Crippen molar-refractivity contribution in [3.63, 3.8) is 0 Å². The van der Waals surface area contributed by atoms with Gasteiger partial charge >= 0.3 is 12.0 Å². The van der Waals surface area contributed by atoms with E-state index in [-0.39, 0.29) is 25.0 Å². The molecule has 2 N–H and O–H groups in total. The summed E-state index contributed by atoms with van der Waals surface area (Å²) >= 11 is 0. The highest BCUT2D eigenvalue weighted by molar-refractivity contribution is 5.83. The van der Waals surface area contributed by atoms with Crippen molar-refractivity contribution >= 4 is 12.0 Å². The summed E-state index contributed by atoms with van der Waals surface area (Å²) in [6.45, 7) is 4.74. The van der Waals surface area contributed by atoms with Gasteiger partial charge in [-0.2, -0.15) is 0 Å². The summed E-state index contributed by atoms with van der Waals surface area (Å²) in [5, 5.41) is 18.8. The summed E-state index contributed by atoms with van der Waals surface area (Å²) in [5.74, 6) is -1.08. The number of carbonyl (C=O) groups excluding carboxylic acids is 1. The number of nitrogens with zero attached hydrogens (tertiary/aromatic N) is 2. The Balaban J connectivity index is 2.84. The molecule has 7 nitrogen and oxygen atoms in total. The third kappa shape index (κ3) is 3.83. The predicted molar refractivity (Wildman–Crippen MR) is 72.5 cm³/mol. The van der Waals surface area contributed by atoms with Crippen LogP contribution in [0.4, 0.5) is 4.79 Å². The monoisotopic (exact) mass is 288 g/mol. The van der Waals surface area contributed by atoms with E-state index >= 15 is 0 Å². The molecule has 1 aliphatic heterocycles. The smallest absolute Gasteiger partial charge is 0.326 e. The highest BCUT2D eigenvalue weighted by Gasteiger charge is 2.41. The number of methoxy groups -OCH3 is 1. The molecule has 1 saturated heterocycles. The first-order valence-electron chi connectivity index (χ1n) is 6.89. The van der Waals surface area contributed by atoms with Gasteiger partial charge in [0, 0.05) is 32.7 Å². The van der Waals surface area contributed by atoms with Crippen molar-refractivity contribution in [2.75, 3.05) is 26.8 Å². The number of aliphatic hydroxyl groups is 1. The van der Waals surface area contributed by atoms with Gasteiger partial charge in [-0.3, -0.25) is 0 Å². The fourth-order valence-corrected chi connectivity index (χ4v) is 2.34. The third-order valence-electron chi connectivity index (χ3n) is 3.71. The van der Waals surface area contributed by atoms with Crippen LogP contribution in [0, 0.1) is 0 Å². The van der Waals surface area contributed by atoms with Crippen LogP contribution in [0.5, 0.6) is 0 Å². The van der Waals surface area contributed by atoms with Crippen LogP contribution in [0.2, 0.25) is 0 Å². The lowest BCUT2D eigenvalue weighted by Crippen LogP contribution is -2.51. The molecule has 1 fully saturated rings. The second-order valence-corrected chi connectivity index (χ2v) is 5.12. The van der Waals surface area contributed by atoms with Crippen LogP contribution in [0.3, 0.4) is 0 Å². The van der Waals surface area contributed by atoms with Crippen LogP contribution in [-0.2, 0) is 9.53 Å². The Hall–Kier alpha value is -1.34. The Kier molecular flexibility index (Phi) is 6.22. The van der Waals surface area contributed by atoms with Crippen molar-refractivity contribution in [3.8, 4) is 0 Å². The van der Waals surface area contributed by atoms with Crippen molar-refractivity contribution in [2.24, 2.45) is 0 Å². The number of β-amino-alcohol motifs (C(OH)–C–C–N with tert-alkyl or cyclic N) is 1. The molecule has 1 unspecified atom stereocenters. The molecule has 1 aliphatic rings. The fourth-order valence-electron chi connectivity index (χ4n) is 2.34. The zero-order valence-electron chi connectivity index (χ0n) is 12.3. The number of carboxylic acid groups (broad SMARTS) is 1. The predicted octanol–water partition coefficient (Wildman–Crippen LogP) is 0.373. The van der Waals surface area contributed by atoms with Gasteiger partial charge in [0.05, 0.1) is 12.7 Å². The van der Waals surface area contributed by atoms with E-state index in [4.69, 9.17) is 9.84 Å². The Labute approximate surface area is 119 Å². The van der Waals surface area contributed by atoms with Crippen molar-refractivity contribution in [1.29, 1.82) is 0 Å². The Morgan fingerprint density at radius 3 is 2.65 bits per heavy atom. The average molecular weight is 288 g/mol. The second-order valence-electron chi connectivity index (χ2n) is 5.12. The van der Waals surface area contributed by atoms with Gasteiger partial charge in [0.25, 0.3) is 0 Å². The first kappa shape index (κ1) is 16.7. The molecule has 0 aliphatic carbocycles. The van der Waals surface area contributed by atoms with Crippen molar-refractivity contribution in [3.05, 3.63) is 0 Å². The Morgan fingerprint density at radius 2 is 2.15 bits per heavy atom. The van der Waals surface area contributed by atoms with E-state index < -0.39 is 18.1 Å². The lowest BCUT2D eigenvalue weighted by molar-refractivity contribution is -0.141. The topological polar surface area (TPSA) is 90.3 Å². The standard InChI is InChI=1S/C13H24N2O5/c1-4-9(2)14(5-6-20-3)13(19)15-8-10(16)7-11(15)12(17)18/h9-11,16H,4-8H2,1-3H3,(H,17,18)/t9?,10-,11+/m1/s1. The van der Waals surface area contributed by atoms with Gasteiger partial charge in [-0.05, 0) is 13.3 Å². The number of amides is 2. The molecule has 0 radical (unpaired) electrons. The first-order chi connectivity index (χ1) is 9.42. The van der Waals surface area contributed by atoms with Crippen molar-refractivity contribution in [2.45, 2.75) is 44.9 Å². The normalized spacial score (nSPS) is 23.7. The van der Waals surface area contributed by atoms with E-state index in [1.165, 1.54) is 4.90 Å². The molecule has 3 atom stereocenters. The van der Waals surface area contributed by atoms with Crippen LogP contribution < -0.4 is 0 Å². The molecule has 0 saturated carbocycles. The summed E-state index contributed by atoms with van der Waals surface area (Å²) in [7, 11) is 1.55. The molecular weight excluding hydrogens is 264 g/mol. The van der Waals surface area contributed by atoms with E-state index in [1.807, 2.05) is 13.8 Å². The maximum absolute atomic E-state index is 12.5. The molecule has 7 heteroatoms. The highest BCUT2D eigenvalue weighted by atomic mass is 16.5.